The lowest BCUT2D eigenvalue weighted by atomic mass is 10.1. The van der Waals surface area contributed by atoms with Crippen LogP contribution in [0, 0.1) is 5.82 Å². The van der Waals surface area contributed by atoms with Crippen LogP contribution in [0.3, 0.4) is 0 Å². The summed E-state index contributed by atoms with van der Waals surface area (Å²) in [6.45, 7) is 0. The van der Waals surface area contributed by atoms with Crippen LogP contribution >= 0.6 is 11.3 Å². The molecule has 0 radical (unpaired) electrons. The maximum atomic E-state index is 13.2. The lowest BCUT2D eigenvalue weighted by Gasteiger charge is -2.01. The van der Waals surface area contributed by atoms with Gasteiger partial charge in [-0.25, -0.2) is 9.37 Å². The first-order valence-electron chi connectivity index (χ1n) is 8.07. The number of carbonyl (C=O) groups is 1. The minimum absolute atomic E-state index is 0.247. The Morgan fingerprint density at radius 1 is 1.15 bits per heavy atom. The second-order valence-corrected chi connectivity index (χ2v) is 6.66. The molecule has 8 heteroatoms. The lowest BCUT2D eigenvalue weighted by Crippen LogP contribution is -2.11. The maximum Gasteiger partial charge on any atom is 0.257 e. The molecule has 0 fully saturated rings. The van der Waals surface area contributed by atoms with E-state index in [9.17, 15) is 9.18 Å². The molecule has 0 saturated carbocycles. The van der Waals surface area contributed by atoms with Gasteiger partial charge >= 0.3 is 0 Å². The number of rotatable bonds is 4. The first-order valence-corrected chi connectivity index (χ1v) is 8.95. The van der Waals surface area contributed by atoms with Gasteiger partial charge in [-0.05, 0) is 36.4 Å². The molecule has 0 aliphatic heterocycles. The molecule has 3 heterocycles. The lowest BCUT2D eigenvalue weighted by molar-refractivity contribution is 0.102. The highest BCUT2D eigenvalue weighted by Crippen LogP contribution is 2.33. The summed E-state index contributed by atoms with van der Waals surface area (Å²) in [5.41, 5.74) is 3.51. The zero-order chi connectivity index (χ0) is 18.8. The van der Waals surface area contributed by atoms with E-state index in [2.05, 4.69) is 20.4 Å². The predicted molar refractivity (Wildman–Crippen MR) is 102 cm³/mol. The van der Waals surface area contributed by atoms with E-state index < -0.39 is 0 Å². The van der Waals surface area contributed by atoms with E-state index in [1.54, 1.807) is 41.3 Å². The van der Waals surface area contributed by atoms with E-state index in [0.29, 0.717) is 22.1 Å². The topological polar surface area (TPSA) is 72.7 Å². The Morgan fingerprint density at radius 2 is 1.89 bits per heavy atom. The smallest absolute Gasteiger partial charge is 0.257 e. The van der Waals surface area contributed by atoms with E-state index in [1.807, 2.05) is 18.6 Å². The van der Waals surface area contributed by atoms with Crippen molar-refractivity contribution in [1.82, 2.24) is 19.7 Å². The Morgan fingerprint density at radius 3 is 2.63 bits per heavy atom. The van der Waals surface area contributed by atoms with Crippen LogP contribution in [0.25, 0.3) is 22.5 Å². The zero-order valence-corrected chi connectivity index (χ0v) is 15.1. The summed E-state index contributed by atoms with van der Waals surface area (Å²) < 4.78 is 14.9. The van der Waals surface area contributed by atoms with Crippen LogP contribution in [0.15, 0.2) is 60.4 Å². The average Bonchev–Trinajstić information content (AvgIpc) is 3.29. The van der Waals surface area contributed by atoms with Crippen molar-refractivity contribution in [3.8, 4) is 22.5 Å². The van der Waals surface area contributed by atoms with Gasteiger partial charge in [-0.15, -0.1) is 11.3 Å². The van der Waals surface area contributed by atoms with Crippen molar-refractivity contribution in [2.75, 3.05) is 5.32 Å². The number of thiazole rings is 1. The largest absolute Gasteiger partial charge is 0.298 e. The molecule has 0 bridgehead atoms. The molecule has 6 nitrogen and oxygen atoms in total. The summed E-state index contributed by atoms with van der Waals surface area (Å²) in [5.74, 6) is -0.547. The van der Waals surface area contributed by atoms with E-state index in [-0.39, 0.29) is 11.7 Å². The van der Waals surface area contributed by atoms with E-state index in [0.717, 1.165) is 11.1 Å². The average molecular weight is 379 g/mol. The molecule has 134 valence electrons. The van der Waals surface area contributed by atoms with Gasteiger partial charge in [-0.2, -0.15) is 5.10 Å². The number of aromatic nitrogens is 4. The number of nitrogens with zero attached hydrogens (tertiary/aromatic N) is 4. The Bertz CT molecular complexity index is 1090. The van der Waals surface area contributed by atoms with Crippen LogP contribution in [0.2, 0.25) is 0 Å². The van der Waals surface area contributed by atoms with Gasteiger partial charge < -0.3 is 0 Å². The quantitative estimate of drug-likeness (QED) is 0.582. The molecule has 4 rings (SSSR count). The molecule has 0 aliphatic carbocycles. The summed E-state index contributed by atoms with van der Waals surface area (Å²) in [5, 5.41) is 9.60. The monoisotopic (exact) mass is 379 g/mol. The van der Waals surface area contributed by atoms with Crippen molar-refractivity contribution in [2.45, 2.75) is 0 Å². The Balaban J connectivity index is 1.62. The number of benzene rings is 1. The third kappa shape index (κ3) is 3.61. The number of nitrogens with one attached hydrogen (secondary N) is 1. The Labute approximate surface area is 158 Å². The molecule has 27 heavy (non-hydrogen) atoms. The van der Waals surface area contributed by atoms with Gasteiger partial charge in [-0.3, -0.25) is 19.8 Å². The number of carbonyl (C=O) groups excluding carboxylic acids is 1. The van der Waals surface area contributed by atoms with Gasteiger partial charge in [0.25, 0.3) is 5.91 Å². The number of hydrogen-bond acceptors (Lipinski definition) is 5. The fourth-order valence-electron chi connectivity index (χ4n) is 2.62. The summed E-state index contributed by atoms with van der Waals surface area (Å²) in [6.07, 6.45) is 4.97. The molecule has 0 unspecified atom stereocenters. The van der Waals surface area contributed by atoms with Crippen LogP contribution in [0.1, 0.15) is 10.4 Å². The van der Waals surface area contributed by atoms with Gasteiger partial charge in [0.05, 0.1) is 5.69 Å². The number of anilines is 1. The van der Waals surface area contributed by atoms with Gasteiger partial charge in [0.1, 0.15) is 11.5 Å². The van der Waals surface area contributed by atoms with Gasteiger partial charge in [0.15, 0.2) is 5.13 Å². The number of pyridine rings is 1. The first-order chi connectivity index (χ1) is 13.1. The minimum Gasteiger partial charge on any atom is -0.298 e. The molecule has 1 aromatic carbocycles. The van der Waals surface area contributed by atoms with E-state index in [1.165, 1.54) is 23.5 Å². The van der Waals surface area contributed by atoms with E-state index >= 15 is 0 Å². The molecule has 3 aromatic heterocycles. The number of halogens is 1. The van der Waals surface area contributed by atoms with Crippen molar-refractivity contribution < 1.29 is 9.18 Å². The molecule has 1 amide bonds. The predicted octanol–water partition coefficient (Wildman–Crippen LogP) is 4.00. The molecule has 0 spiro atoms. The molecule has 0 saturated heterocycles. The van der Waals surface area contributed by atoms with Crippen LogP contribution < -0.4 is 5.32 Å². The summed E-state index contributed by atoms with van der Waals surface area (Å²) in [4.78, 5) is 20.7. The van der Waals surface area contributed by atoms with Crippen molar-refractivity contribution in [1.29, 1.82) is 0 Å². The summed E-state index contributed by atoms with van der Waals surface area (Å²) >= 11 is 1.33. The molecular formula is C19H14FN5OS. The third-order valence-electron chi connectivity index (χ3n) is 3.89. The molecular weight excluding hydrogens is 365 g/mol. The van der Waals surface area contributed by atoms with E-state index in [4.69, 9.17) is 0 Å². The van der Waals surface area contributed by atoms with Crippen molar-refractivity contribution >= 4 is 22.4 Å². The molecule has 0 aliphatic rings. The number of amides is 1. The number of aryl methyl sites for hydroxylation is 1. The molecule has 1 N–H and O–H groups in total. The highest BCUT2D eigenvalue weighted by Gasteiger charge is 2.16. The second-order valence-electron chi connectivity index (χ2n) is 5.80. The highest BCUT2D eigenvalue weighted by atomic mass is 32.1. The summed E-state index contributed by atoms with van der Waals surface area (Å²) in [7, 11) is 1.81. The standard InChI is InChI=1S/C19H14FN5OS/c1-25-10-15(17(24-25)12-2-4-14(20)5-3-12)16-11-27-19(22-16)23-18(26)13-6-8-21-9-7-13/h2-11H,1H3,(H,22,23,26). The van der Waals surface area contributed by atoms with Crippen LogP contribution in [0.5, 0.6) is 0 Å². The maximum absolute atomic E-state index is 13.2. The minimum atomic E-state index is -0.300. The van der Waals surface area contributed by atoms with Gasteiger partial charge in [-0.1, -0.05) is 0 Å². The SMILES string of the molecule is Cn1cc(-c2csc(NC(=O)c3ccncc3)n2)c(-c2ccc(F)cc2)n1. The van der Waals surface area contributed by atoms with Crippen molar-refractivity contribution in [3.63, 3.8) is 0 Å². The zero-order valence-electron chi connectivity index (χ0n) is 14.3. The fourth-order valence-corrected chi connectivity index (χ4v) is 3.33. The van der Waals surface area contributed by atoms with Crippen molar-refractivity contribution in [2.24, 2.45) is 7.05 Å². The normalized spacial score (nSPS) is 10.7. The molecule has 0 atom stereocenters. The van der Waals surface area contributed by atoms with Crippen LogP contribution in [0.4, 0.5) is 9.52 Å². The first kappa shape index (κ1) is 17.0. The van der Waals surface area contributed by atoms with Crippen LogP contribution in [-0.4, -0.2) is 25.7 Å². The Kier molecular flexibility index (Phi) is 4.47. The second kappa shape index (κ2) is 7.08. The molecule has 4 aromatic rings. The number of hydrogen-bond donors (Lipinski definition) is 1. The Hall–Kier alpha value is -3.39. The van der Waals surface area contributed by atoms with Gasteiger partial charge in [0, 0.05) is 47.7 Å². The fraction of sp³-hybridized carbons (Fsp3) is 0.0526. The van der Waals surface area contributed by atoms with Crippen LogP contribution in [-0.2, 0) is 7.05 Å². The summed E-state index contributed by atoms with van der Waals surface area (Å²) in [6, 6.07) is 9.43. The van der Waals surface area contributed by atoms with Crippen molar-refractivity contribution in [3.05, 3.63) is 71.7 Å². The van der Waals surface area contributed by atoms with Gasteiger partial charge in [0.2, 0.25) is 0 Å². The third-order valence-corrected chi connectivity index (χ3v) is 4.65. The highest BCUT2D eigenvalue weighted by molar-refractivity contribution is 7.14.